The number of rotatable bonds is 5. The third-order valence-corrected chi connectivity index (χ3v) is 2.77. The lowest BCUT2D eigenvalue weighted by molar-refractivity contribution is 0.439. The van der Waals surface area contributed by atoms with Gasteiger partial charge in [-0.1, -0.05) is 6.92 Å². The monoisotopic (exact) mass is 223 g/mol. The van der Waals surface area contributed by atoms with E-state index in [4.69, 9.17) is 4.42 Å². The molecule has 2 rings (SSSR count). The fourth-order valence-corrected chi connectivity index (χ4v) is 1.80. The quantitative estimate of drug-likeness (QED) is 0.842. The maximum atomic E-state index is 5.46. The van der Waals surface area contributed by atoms with Crippen LogP contribution in [0.1, 0.15) is 23.6 Å². The zero-order valence-electron chi connectivity index (χ0n) is 8.56. The van der Waals surface area contributed by atoms with Crippen molar-refractivity contribution in [1.29, 1.82) is 0 Å². The minimum atomic E-state index is 0.652. The summed E-state index contributed by atoms with van der Waals surface area (Å²) in [6.07, 6.45) is 4.47. The van der Waals surface area contributed by atoms with Gasteiger partial charge in [-0.3, -0.25) is 0 Å². The van der Waals surface area contributed by atoms with Crippen molar-refractivity contribution in [2.45, 2.75) is 26.4 Å². The van der Waals surface area contributed by atoms with Gasteiger partial charge in [0.05, 0.1) is 12.7 Å². The van der Waals surface area contributed by atoms with Gasteiger partial charge in [-0.15, -0.1) is 11.3 Å². The number of aromatic nitrogens is 2. The lowest BCUT2D eigenvalue weighted by Gasteiger charge is -1.97. The molecular weight excluding hydrogens is 210 g/mol. The van der Waals surface area contributed by atoms with Gasteiger partial charge in [-0.25, -0.2) is 9.97 Å². The van der Waals surface area contributed by atoms with Crippen LogP contribution < -0.4 is 5.32 Å². The number of thiazole rings is 1. The standard InChI is InChI=1S/C10H13N3OS/c1-2-8-5-13-9(14-8)6-11-7-10-12-3-4-15-10/h3-5,11H,2,6-7H2,1H3. The van der Waals surface area contributed by atoms with Gasteiger partial charge in [-0.05, 0) is 0 Å². The van der Waals surface area contributed by atoms with Gasteiger partial charge >= 0.3 is 0 Å². The second-order valence-electron chi connectivity index (χ2n) is 3.10. The van der Waals surface area contributed by atoms with Gasteiger partial charge in [0.15, 0.2) is 0 Å². The Morgan fingerprint density at radius 1 is 1.40 bits per heavy atom. The fourth-order valence-electron chi connectivity index (χ4n) is 1.21. The smallest absolute Gasteiger partial charge is 0.208 e. The summed E-state index contributed by atoms with van der Waals surface area (Å²) in [5.41, 5.74) is 0. The second kappa shape index (κ2) is 5.04. The molecule has 1 N–H and O–H groups in total. The summed E-state index contributed by atoms with van der Waals surface area (Å²) in [5.74, 6) is 1.67. The summed E-state index contributed by atoms with van der Waals surface area (Å²) in [6.45, 7) is 3.47. The lowest BCUT2D eigenvalue weighted by atomic mass is 10.4. The highest BCUT2D eigenvalue weighted by molar-refractivity contribution is 7.09. The maximum absolute atomic E-state index is 5.46. The number of oxazole rings is 1. The van der Waals surface area contributed by atoms with E-state index in [0.717, 1.165) is 29.6 Å². The lowest BCUT2D eigenvalue weighted by Crippen LogP contribution is -2.12. The molecule has 2 heterocycles. The molecule has 0 saturated heterocycles. The molecule has 0 fully saturated rings. The van der Waals surface area contributed by atoms with Crippen LogP contribution in [0.4, 0.5) is 0 Å². The molecule has 80 valence electrons. The van der Waals surface area contributed by atoms with Gasteiger partial charge < -0.3 is 9.73 Å². The first kappa shape index (κ1) is 10.3. The number of hydrogen-bond acceptors (Lipinski definition) is 5. The summed E-state index contributed by atoms with van der Waals surface area (Å²) in [7, 11) is 0. The van der Waals surface area contributed by atoms with Crippen LogP contribution >= 0.6 is 11.3 Å². The Labute approximate surface area is 92.4 Å². The van der Waals surface area contributed by atoms with Crippen molar-refractivity contribution < 1.29 is 4.42 Å². The zero-order valence-corrected chi connectivity index (χ0v) is 9.38. The molecular formula is C10H13N3OS. The zero-order chi connectivity index (χ0) is 10.5. The van der Waals surface area contributed by atoms with Crippen LogP contribution in [0.25, 0.3) is 0 Å². The topological polar surface area (TPSA) is 51.0 Å². The summed E-state index contributed by atoms with van der Waals surface area (Å²) < 4.78 is 5.46. The molecule has 0 aliphatic carbocycles. The van der Waals surface area contributed by atoms with Gasteiger partial charge in [-0.2, -0.15) is 0 Å². The predicted octanol–water partition coefficient (Wildman–Crippen LogP) is 1.98. The van der Waals surface area contributed by atoms with Gasteiger partial charge in [0.2, 0.25) is 5.89 Å². The molecule has 2 aromatic heterocycles. The summed E-state index contributed by atoms with van der Waals surface area (Å²) in [4.78, 5) is 8.33. The van der Waals surface area contributed by atoms with Crippen molar-refractivity contribution >= 4 is 11.3 Å². The van der Waals surface area contributed by atoms with Crippen LogP contribution in [0.5, 0.6) is 0 Å². The number of aryl methyl sites for hydroxylation is 1. The molecule has 0 atom stereocenters. The third kappa shape index (κ3) is 2.87. The summed E-state index contributed by atoms with van der Waals surface area (Å²) in [5, 5.41) is 6.28. The Hall–Kier alpha value is -1.20. The van der Waals surface area contributed by atoms with E-state index in [1.165, 1.54) is 0 Å². The third-order valence-electron chi connectivity index (χ3n) is 1.99. The van der Waals surface area contributed by atoms with Gasteiger partial charge in [0.25, 0.3) is 0 Å². The average molecular weight is 223 g/mol. The van der Waals surface area contributed by atoms with Crippen LogP contribution in [0, 0.1) is 0 Å². The van der Waals surface area contributed by atoms with Crippen molar-refractivity contribution in [2.24, 2.45) is 0 Å². The van der Waals surface area contributed by atoms with E-state index in [9.17, 15) is 0 Å². The Morgan fingerprint density at radius 3 is 3.00 bits per heavy atom. The van der Waals surface area contributed by atoms with E-state index in [2.05, 4.69) is 15.3 Å². The summed E-state index contributed by atoms with van der Waals surface area (Å²) in [6, 6.07) is 0. The van der Waals surface area contributed by atoms with Crippen LogP contribution in [-0.4, -0.2) is 9.97 Å². The molecule has 5 heteroatoms. The van der Waals surface area contributed by atoms with Crippen molar-refractivity contribution in [3.8, 4) is 0 Å². The Kier molecular flexibility index (Phi) is 3.47. The predicted molar refractivity (Wildman–Crippen MR) is 58.5 cm³/mol. The average Bonchev–Trinajstić information content (AvgIpc) is 2.88. The van der Waals surface area contributed by atoms with Gasteiger partial charge in [0.1, 0.15) is 10.8 Å². The molecule has 0 aliphatic rings. The molecule has 15 heavy (non-hydrogen) atoms. The normalized spacial score (nSPS) is 10.7. The molecule has 0 spiro atoms. The van der Waals surface area contributed by atoms with E-state index >= 15 is 0 Å². The van der Waals surface area contributed by atoms with E-state index < -0.39 is 0 Å². The molecule has 0 aromatic carbocycles. The first-order valence-corrected chi connectivity index (χ1v) is 5.79. The Bertz CT molecular complexity index is 396. The van der Waals surface area contributed by atoms with E-state index in [-0.39, 0.29) is 0 Å². The van der Waals surface area contributed by atoms with Crippen molar-refractivity contribution in [3.05, 3.63) is 34.4 Å². The van der Waals surface area contributed by atoms with Crippen molar-refractivity contribution in [1.82, 2.24) is 15.3 Å². The Balaban J connectivity index is 1.78. The first-order valence-electron chi connectivity index (χ1n) is 4.91. The minimum Gasteiger partial charge on any atom is -0.444 e. The van der Waals surface area contributed by atoms with Crippen LogP contribution in [-0.2, 0) is 19.5 Å². The van der Waals surface area contributed by atoms with Crippen molar-refractivity contribution in [2.75, 3.05) is 0 Å². The largest absolute Gasteiger partial charge is 0.444 e. The van der Waals surface area contributed by atoms with Crippen molar-refractivity contribution in [3.63, 3.8) is 0 Å². The highest BCUT2D eigenvalue weighted by Gasteiger charge is 2.02. The number of nitrogens with zero attached hydrogens (tertiary/aromatic N) is 2. The SMILES string of the molecule is CCc1cnc(CNCc2nccs2)o1. The van der Waals surface area contributed by atoms with E-state index in [1.807, 2.05) is 18.5 Å². The maximum Gasteiger partial charge on any atom is 0.208 e. The molecule has 0 amide bonds. The molecule has 0 radical (unpaired) electrons. The highest BCUT2D eigenvalue weighted by Crippen LogP contribution is 2.05. The van der Waals surface area contributed by atoms with Crippen LogP contribution in [0.2, 0.25) is 0 Å². The molecule has 4 nitrogen and oxygen atoms in total. The summed E-state index contributed by atoms with van der Waals surface area (Å²) >= 11 is 1.64. The fraction of sp³-hybridized carbons (Fsp3) is 0.400. The number of hydrogen-bond donors (Lipinski definition) is 1. The van der Waals surface area contributed by atoms with Gasteiger partial charge in [0, 0.05) is 24.5 Å². The van der Waals surface area contributed by atoms with Crippen LogP contribution in [0.15, 0.2) is 22.2 Å². The molecule has 0 unspecified atom stereocenters. The molecule has 0 aliphatic heterocycles. The highest BCUT2D eigenvalue weighted by atomic mass is 32.1. The molecule has 2 aromatic rings. The minimum absolute atomic E-state index is 0.652. The van der Waals surface area contributed by atoms with Crippen LogP contribution in [0.3, 0.4) is 0 Å². The first-order chi connectivity index (χ1) is 7.38. The second-order valence-corrected chi connectivity index (χ2v) is 4.08. The van der Waals surface area contributed by atoms with E-state index in [0.29, 0.717) is 6.54 Å². The van der Waals surface area contributed by atoms with E-state index in [1.54, 1.807) is 17.5 Å². The molecule has 0 saturated carbocycles. The number of nitrogens with one attached hydrogen (secondary N) is 1. The molecule has 0 bridgehead atoms. The Morgan fingerprint density at radius 2 is 2.33 bits per heavy atom.